The van der Waals surface area contributed by atoms with Crippen LogP contribution in [0.15, 0.2) is 285 Å². The number of furan rings is 4. The number of pyridine rings is 8. The summed E-state index contributed by atoms with van der Waals surface area (Å²) in [7, 11) is 8.24. The van der Waals surface area contributed by atoms with Crippen molar-refractivity contribution in [3.05, 3.63) is 335 Å². The maximum absolute atomic E-state index is 14.4. The van der Waals surface area contributed by atoms with Crippen LogP contribution in [0.2, 0.25) is 0 Å². The largest absolute Gasteiger partial charge is 0.437 e. The molecule has 0 bridgehead atoms. The molecule has 586 valence electrons. The van der Waals surface area contributed by atoms with Gasteiger partial charge < -0.3 is 17.7 Å². The van der Waals surface area contributed by atoms with Gasteiger partial charge in [-0.1, -0.05) is 141 Å². The lowest BCUT2D eigenvalue weighted by molar-refractivity contribution is -0.660. The summed E-state index contributed by atoms with van der Waals surface area (Å²) in [6.45, 7) is 22.7. The second-order valence-electron chi connectivity index (χ2n) is 32.0. The average molecular weight is 1570 g/mol. The number of halogens is 2. The van der Waals surface area contributed by atoms with Crippen molar-refractivity contribution in [1.82, 2.24) is 19.9 Å². The van der Waals surface area contributed by atoms with Crippen molar-refractivity contribution < 1.29 is 44.7 Å². The van der Waals surface area contributed by atoms with Crippen LogP contribution < -0.4 is 18.3 Å². The quantitative estimate of drug-likeness (QED) is 0.124. The summed E-state index contributed by atoms with van der Waals surface area (Å²) in [5.41, 5.74) is 34.3. The van der Waals surface area contributed by atoms with Crippen molar-refractivity contribution in [1.29, 1.82) is 0 Å². The molecular formula is C105H92F2N8O4+4. The van der Waals surface area contributed by atoms with Crippen LogP contribution in [0, 0.1) is 79.9 Å². The zero-order chi connectivity index (χ0) is 82.8. The van der Waals surface area contributed by atoms with Crippen LogP contribution in [0.4, 0.5) is 8.78 Å². The molecule has 0 aliphatic carbocycles. The first-order valence-corrected chi connectivity index (χ1v) is 40.3. The molecule has 0 atom stereocenters. The molecular weight excluding hydrogens is 1480 g/mol. The number of rotatable bonds is 10. The Morgan fingerprint density at radius 3 is 0.975 bits per heavy atom. The second-order valence-corrected chi connectivity index (χ2v) is 32.0. The summed E-state index contributed by atoms with van der Waals surface area (Å²) in [5.74, 6) is 0.0232. The highest BCUT2D eigenvalue weighted by atomic mass is 19.1. The second kappa shape index (κ2) is 31.9. The van der Waals surface area contributed by atoms with E-state index in [1.54, 1.807) is 18.2 Å². The summed E-state index contributed by atoms with van der Waals surface area (Å²) in [6, 6.07) is 81.7. The van der Waals surface area contributed by atoms with Gasteiger partial charge in [0.25, 0.3) is 0 Å². The van der Waals surface area contributed by atoms with E-state index in [2.05, 4.69) is 295 Å². The molecule has 0 spiro atoms. The highest BCUT2D eigenvalue weighted by Gasteiger charge is 2.28. The summed E-state index contributed by atoms with van der Waals surface area (Å²) < 4.78 is 61.2. The molecule has 0 saturated carbocycles. The fraction of sp³-hybridized carbons (Fsp3) is 0.162. The maximum Gasteiger partial charge on any atom is 0.227 e. The molecule has 14 heteroatoms. The molecule has 0 saturated heterocycles. The summed E-state index contributed by atoms with van der Waals surface area (Å²) in [5, 5.41) is 8.51. The third kappa shape index (κ3) is 15.2. The molecule has 12 nitrogen and oxygen atoms in total. The van der Waals surface area contributed by atoms with Crippen molar-refractivity contribution in [3.8, 4) is 89.5 Å². The Hall–Kier alpha value is -14.0. The van der Waals surface area contributed by atoms with Gasteiger partial charge in [0.2, 0.25) is 45.6 Å². The maximum atomic E-state index is 14.4. The van der Waals surface area contributed by atoms with Crippen molar-refractivity contribution in [2.45, 2.75) is 82.6 Å². The zero-order valence-corrected chi connectivity index (χ0v) is 69.7. The summed E-state index contributed by atoms with van der Waals surface area (Å²) in [6.07, 6.45) is 9.19. The predicted molar refractivity (Wildman–Crippen MR) is 475 cm³/mol. The van der Waals surface area contributed by atoms with Crippen LogP contribution in [0.25, 0.3) is 178 Å². The van der Waals surface area contributed by atoms with E-state index in [-0.39, 0.29) is 11.6 Å². The number of hydrogen-bond acceptors (Lipinski definition) is 8. The van der Waals surface area contributed by atoms with E-state index in [9.17, 15) is 8.78 Å². The van der Waals surface area contributed by atoms with E-state index in [1.165, 1.54) is 51.1 Å². The van der Waals surface area contributed by atoms with Gasteiger partial charge in [-0.15, -0.1) is 0 Å². The first kappa shape index (κ1) is 77.6. The molecule has 12 aromatic heterocycles. The molecule has 0 aliphatic heterocycles. The van der Waals surface area contributed by atoms with Crippen LogP contribution in [0.1, 0.15) is 70.0 Å². The van der Waals surface area contributed by atoms with Crippen LogP contribution in [-0.2, 0) is 34.6 Å². The van der Waals surface area contributed by atoms with E-state index >= 15 is 0 Å². The number of fused-ring (bicyclic) bond motifs is 12. The molecule has 20 aromatic rings. The van der Waals surface area contributed by atoms with Crippen LogP contribution >= 0.6 is 0 Å². The van der Waals surface area contributed by atoms with Crippen molar-refractivity contribution in [2.24, 2.45) is 34.1 Å². The first-order valence-electron chi connectivity index (χ1n) is 40.3. The van der Waals surface area contributed by atoms with E-state index < -0.39 is 0 Å². The minimum atomic E-state index is -0.231. The lowest BCUT2D eigenvalue weighted by atomic mass is 9.95. The fourth-order valence-electron chi connectivity index (χ4n) is 16.4. The van der Waals surface area contributed by atoms with Gasteiger partial charge in [-0.3, -0.25) is 0 Å². The van der Waals surface area contributed by atoms with Crippen molar-refractivity contribution >= 4 is 88.3 Å². The molecule has 12 heterocycles. The highest BCUT2D eigenvalue weighted by Crippen LogP contribution is 2.43. The molecule has 8 aromatic carbocycles. The Morgan fingerprint density at radius 2 is 0.613 bits per heavy atom. The van der Waals surface area contributed by atoms with Gasteiger partial charge in [0.1, 0.15) is 39.8 Å². The SMILES string of the molecule is Cc1ccc(-c2ccc(-c3c(C)ccc4c3oc3nc(C)ccc34)[n+](C)c2)cc1.Cc1ccc2c(n1)oc1c(-c3cc(-c4ccc(F)c(CC(C)C)c4)cc[n+]3C)c(C)ccc12.Cc1ccc2c(n1)oc1c(-c3ccc(-c4ccc(F)cc4)c[n+]3C)c(C)ccc12.Cc1ccc2c(n1)oc1c(-c3ccc(-c4ccccc4)c[n+]3C)c(C)ccc12. The molecule has 0 fully saturated rings. The standard InChI is InChI=1S/C29H28FN2O.C26H23N2O.C25H20FN2O.C25H21N2O/c1-17(2)14-22-15-20(8-11-25(22)30)21-12-13-32(5)26(16-21)27-18(3)6-9-23-24-10-7-19(4)31-29(24)33-28(23)27;1-16-5-9-19(10-6-16)20-11-14-23(28(4)15-20)24-17(2)7-12-21-22-13-8-18(3)27-26(22)29-25(21)24;1-15-4-11-20-21-12-5-16(2)27-25(21)29-24(20)23(15)22-13-8-18(14-28(22)3)17-6-9-19(26)10-7-17;1-16-9-12-20-21-13-10-17(2)26-25(21)28-24(20)23(16)22-14-11-19(15-27(22)3)18-7-5-4-6-8-18/h6-13,15-17H,14H2,1-5H3;5-15H,1-4H3;4-14H,1-3H3;4-15H,1-3H3/q4*+1. The molecule has 0 unspecified atom stereocenters. The molecule has 0 amide bonds. The summed E-state index contributed by atoms with van der Waals surface area (Å²) in [4.78, 5) is 18.3. The van der Waals surface area contributed by atoms with Gasteiger partial charge in [0.05, 0.1) is 22.3 Å². The lowest BCUT2D eigenvalue weighted by Crippen LogP contribution is -2.31. The topological polar surface area (TPSA) is 120 Å². The van der Waals surface area contributed by atoms with Gasteiger partial charge in [0, 0.05) is 113 Å². The molecule has 20 rings (SSSR count). The van der Waals surface area contributed by atoms with Gasteiger partial charge in [0.15, 0.2) is 47.1 Å². The van der Waals surface area contributed by atoms with E-state index in [4.69, 9.17) is 17.7 Å². The monoisotopic (exact) mass is 1570 g/mol. The summed E-state index contributed by atoms with van der Waals surface area (Å²) >= 11 is 0. The Balaban J connectivity index is 0.000000114. The highest BCUT2D eigenvalue weighted by molar-refractivity contribution is 6.12. The van der Waals surface area contributed by atoms with Crippen LogP contribution in [-0.4, -0.2) is 19.9 Å². The number of benzene rings is 8. The third-order valence-electron chi connectivity index (χ3n) is 22.7. The zero-order valence-electron chi connectivity index (χ0n) is 69.7. The number of aryl methyl sites for hydroxylation is 13. The molecule has 0 radical (unpaired) electrons. The minimum absolute atomic E-state index is 0.139. The van der Waals surface area contributed by atoms with Gasteiger partial charge in [-0.25, -0.2) is 47.0 Å². The Labute approximate surface area is 690 Å². The number of aromatic nitrogens is 8. The normalized spacial score (nSPS) is 11.5. The Morgan fingerprint density at radius 1 is 0.294 bits per heavy atom. The first-order chi connectivity index (χ1) is 57.4. The van der Waals surface area contributed by atoms with Crippen LogP contribution in [0.3, 0.4) is 0 Å². The lowest BCUT2D eigenvalue weighted by Gasteiger charge is -2.11. The average Bonchev–Trinajstić information content (AvgIpc) is 1.64. The molecule has 0 aliphatic rings. The predicted octanol–water partition coefficient (Wildman–Crippen LogP) is 24.8. The van der Waals surface area contributed by atoms with E-state index in [0.717, 1.165) is 179 Å². The van der Waals surface area contributed by atoms with Crippen LogP contribution in [0.5, 0.6) is 0 Å². The van der Waals surface area contributed by atoms with Crippen molar-refractivity contribution in [3.63, 3.8) is 0 Å². The smallest absolute Gasteiger partial charge is 0.227 e. The van der Waals surface area contributed by atoms with E-state index in [1.807, 2.05) is 84.3 Å². The Bertz CT molecular complexity index is 7140. The van der Waals surface area contributed by atoms with Gasteiger partial charge in [-0.2, -0.15) is 0 Å². The number of nitrogens with zero attached hydrogens (tertiary/aromatic N) is 8. The third-order valence-corrected chi connectivity index (χ3v) is 22.7. The number of hydrogen-bond donors (Lipinski definition) is 0. The van der Waals surface area contributed by atoms with Gasteiger partial charge in [-0.05, 0) is 221 Å². The minimum Gasteiger partial charge on any atom is -0.437 e. The van der Waals surface area contributed by atoms with Gasteiger partial charge >= 0.3 is 0 Å². The van der Waals surface area contributed by atoms with Crippen molar-refractivity contribution in [2.75, 3.05) is 0 Å². The molecule has 0 N–H and O–H groups in total. The fourth-order valence-corrected chi connectivity index (χ4v) is 16.4. The Kier molecular flexibility index (Phi) is 20.8. The molecule has 119 heavy (non-hydrogen) atoms. The van der Waals surface area contributed by atoms with E-state index in [0.29, 0.717) is 28.8 Å².